The average Bonchev–Trinajstić information content (AvgIpc) is 3.40. The summed E-state index contributed by atoms with van der Waals surface area (Å²) in [6.07, 6.45) is 42.5. The summed E-state index contributed by atoms with van der Waals surface area (Å²) < 4.78 is 16.8. The van der Waals surface area contributed by atoms with Crippen LogP contribution in [0.5, 0.6) is 0 Å². The molecule has 0 aliphatic carbocycles. The summed E-state index contributed by atoms with van der Waals surface area (Å²) in [5, 5.41) is 6.62. The molecule has 0 aromatic rings. The van der Waals surface area contributed by atoms with E-state index in [0.29, 0.717) is 37.7 Å². The number of esters is 1. The van der Waals surface area contributed by atoms with Gasteiger partial charge in [0, 0.05) is 56.4 Å². The fourth-order valence-corrected chi connectivity index (χ4v) is 12.6. The van der Waals surface area contributed by atoms with Crippen molar-refractivity contribution in [3.8, 4) is 0 Å². The van der Waals surface area contributed by atoms with E-state index < -0.39 is 6.04 Å². The average molecular weight is 1100 g/mol. The maximum atomic E-state index is 13.2. The number of ether oxygens (including phenoxy) is 3. The van der Waals surface area contributed by atoms with Gasteiger partial charge in [0.25, 0.3) is 0 Å². The van der Waals surface area contributed by atoms with Crippen LogP contribution in [0.2, 0.25) is 0 Å². The minimum atomic E-state index is -0.480. The highest BCUT2D eigenvalue weighted by atomic mass is 32.2. The minimum Gasteiger partial charge on any atom is -0.499 e. The molecule has 9 nitrogen and oxygen atoms in total. The summed E-state index contributed by atoms with van der Waals surface area (Å²) >= 11 is 5.67. The summed E-state index contributed by atoms with van der Waals surface area (Å²) in [5.41, 5.74) is 0. The smallest absolute Gasteiger partial charge is 0.306 e. The van der Waals surface area contributed by atoms with E-state index in [1.807, 2.05) is 42.4 Å². The maximum absolute atomic E-state index is 13.2. The first-order chi connectivity index (χ1) is 36.2. The largest absolute Gasteiger partial charge is 0.499 e. The molecule has 1 saturated heterocycles. The molecule has 0 radical (unpaired) electrons. The number of hydrogen-bond acceptors (Lipinski definition) is 10. The first kappa shape index (κ1) is 72.9. The van der Waals surface area contributed by atoms with Gasteiger partial charge < -0.3 is 29.7 Å². The van der Waals surface area contributed by atoms with Crippen LogP contribution >= 0.6 is 35.3 Å². The standard InChI is InChI=1S/C45H85N3O5S3.C17H36O/c1-5-8-10-12-14-21-33-52-40(4)25-36-55-37-26-41(56-39-28-44(50)53-34-22-15-13-11-9-6-2)23-17-18-24-43(49)47-42(27-38-54-35-7-3)45(51)46-29-32-48-30-19-16-20-31-48;1-4-6-8-10-11-13-15-17(16-18-3)14-12-9-7-5-2/h41-42H,4-39H2,1-3H3,(H,46,51)(H,47,49);17H,4-16H2,1-3H3. The monoisotopic (exact) mass is 1100 g/mol. The third-order valence-corrected chi connectivity index (χ3v) is 17.7. The van der Waals surface area contributed by atoms with Gasteiger partial charge in [0.1, 0.15) is 6.04 Å². The second-order valence-corrected chi connectivity index (χ2v) is 25.1. The van der Waals surface area contributed by atoms with E-state index in [-0.39, 0.29) is 17.8 Å². The van der Waals surface area contributed by atoms with Crippen molar-refractivity contribution in [2.24, 2.45) is 5.92 Å². The predicted molar refractivity (Wildman–Crippen MR) is 328 cm³/mol. The Morgan fingerprint density at radius 3 is 1.69 bits per heavy atom. The second-order valence-electron chi connectivity index (χ2n) is 21.2. The van der Waals surface area contributed by atoms with Gasteiger partial charge in [-0.2, -0.15) is 35.3 Å². The number of rotatable bonds is 54. The van der Waals surface area contributed by atoms with E-state index in [4.69, 9.17) is 14.2 Å². The Morgan fingerprint density at radius 2 is 1.08 bits per heavy atom. The Kier molecular flexibility index (Phi) is 57.2. The molecule has 0 saturated carbocycles. The van der Waals surface area contributed by atoms with Crippen LogP contribution in [0.1, 0.15) is 266 Å². The molecule has 2 N–H and O–H groups in total. The van der Waals surface area contributed by atoms with Crippen LogP contribution < -0.4 is 10.6 Å². The van der Waals surface area contributed by atoms with Crippen LogP contribution in [0, 0.1) is 5.92 Å². The van der Waals surface area contributed by atoms with E-state index in [2.05, 4.69) is 56.7 Å². The van der Waals surface area contributed by atoms with Gasteiger partial charge in [-0.1, -0.05) is 182 Å². The van der Waals surface area contributed by atoms with Gasteiger partial charge in [-0.3, -0.25) is 14.4 Å². The van der Waals surface area contributed by atoms with Crippen LogP contribution in [0.25, 0.3) is 0 Å². The molecule has 12 heteroatoms. The van der Waals surface area contributed by atoms with Gasteiger partial charge in [0.2, 0.25) is 11.8 Å². The predicted octanol–water partition coefficient (Wildman–Crippen LogP) is 16.9. The summed E-state index contributed by atoms with van der Waals surface area (Å²) in [6.45, 7) is 21.3. The lowest BCUT2D eigenvalue weighted by Crippen LogP contribution is -2.48. The van der Waals surface area contributed by atoms with Crippen molar-refractivity contribution in [2.75, 3.05) is 81.9 Å². The fraction of sp³-hybridized carbons (Fsp3) is 0.919. The number of nitrogens with one attached hydrogen (secondary N) is 2. The molecule has 0 bridgehead atoms. The van der Waals surface area contributed by atoms with Gasteiger partial charge in [0.05, 0.1) is 25.4 Å². The van der Waals surface area contributed by atoms with Crippen molar-refractivity contribution in [3.05, 3.63) is 12.3 Å². The van der Waals surface area contributed by atoms with Crippen LogP contribution in [0.15, 0.2) is 12.3 Å². The highest BCUT2D eigenvalue weighted by molar-refractivity contribution is 8.00. The van der Waals surface area contributed by atoms with Gasteiger partial charge in [-0.25, -0.2) is 0 Å². The molecule has 74 heavy (non-hydrogen) atoms. The number of likely N-dealkylation sites (tertiary alicyclic amines) is 1. The molecule has 0 spiro atoms. The van der Waals surface area contributed by atoms with Crippen molar-refractivity contribution < 1.29 is 28.6 Å². The highest BCUT2D eigenvalue weighted by Crippen LogP contribution is 2.25. The Bertz CT molecular complexity index is 1240. The summed E-state index contributed by atoms with van der Waals surface area (Å²) in [5.74, 6) is 6.28. The van der Waals surface area contributed by atoms with Gasteiger partial charge >= 0.3 is 5.97 Å². The number of thioether (sulfide) groups is 3. The number of hydrogen-bond donors (Lipinski definition) is 2. The molecule has 438 valence electrons. The van der Waals surface area contributed by atoms with E-state index in [1.54, 1.807) is 0 Å². The second kappa shape index (κ2) is 58.1. The molecular formula is C62H121N3O6S3. The number of allylic oxidation sites excluding steroid dienone is 1. The topological polar surface area (TPSA) is 106 Å². The highest BCUT2D eigenvalue weighted by Gasteiger charge is 2.21. The molecule has 1 aliphatic rings. The third-order valence-electron chi connectivity index (χ3n) is 14.1. The maximum Gasteiger partial charge on any atom is 0.306 e. The number of carbonyl (C=O) groups excluding carboxylic acids is 3. The van der Waals surface area contributed by atoms with E-state index in [9.17, 15) is 14.4 Å². The first-order valence-electron chi connectivity index (χ1n) is 31.3. The molecule has 3 atom stereocenters. The van der Waals surface area contributed by atoms with Gasteiger partial charge in [-0.15, -0.1) is 0 Å². The van der Waals surface area contributed by atoms with Crippen molar-refractivity contribution in [1.29, 1.82) is 0 Å². The molecule has 0 aromatic carbocycles. The molecule has 1 rings (SSSR count). The quantitative estimate of drug-likeness (QED) is 0.0347. The molecule has 1 fully saturated rings. The number of nitrogens with zero attached hydrogens (tertiary/aromatic N) is 1. The van der Waals surface area contributed by atoms with Crippen LogP contribution in [-0.2, 0) is 28.6 Å². The lowest BCUT2D eigenvalue weighted by Gasteiger charge is -2.26. The van der Waals surface area contributed by atoms with E-state index in [1.165, 1.54) is 154 Å². The molecule has 0 aromatic heterocycles. The number of amides is 2. The lowest BCUT2D eigenvalue weighted by molar-refractivity contribution is -0.143. The third kappa shape index (κ3) is 50.4. The number of piperidine rings is 1. The molecule has 1 aliphatic heterocycles. The van der Waals surface area contributed by atoms with Crippen molar-refractivity contribution in [2.45, 2.75) is 277 Å². The molecule has 2 amide bonds. The normalized spacial score (nSPS) is 13.9. The zero-order chi connectivity index (χ0) is 54.2. The summed E-state index contributed by atoms with van der Waals surface area (Å²) in [6, 6.07) is -0.480. The Morgan fingerprint density at radius 1 is 0.541 bits per heavy atom. The van der Waals surface area contributed by atoms with Gasteiger partial charge in [0.15, 0.2) is 0 Å². The number of unbranched alkanes of at least 4 members (excludes halogenated alkanes) is 19. The van der Waals surface area contributed by atoms with Crippen LogP contribution in [0.3, 0.4) is 0 Å². The molecule has 3 unspecified atom stereocenters. The van der Waals surface area contributed by atoms with Crippen molar-refractivity contribution in [1.82, 2.24) is 15.5 Å². The Balaban J connectivity index is 0.00000249. The number of methoxy groups -OCH3 is 1. The van der Waals surface area contributed by atoms with Crippen LogP contribution in [0.4, 0.5) is 0 Å². The fourth-order valence-electron chi connectivity index (χ4n) is 9.34. The molecular weight excluding hydrogens is 979 g/mol. The first-order valence-corrected chi connectivity index (χ1v) is 34.6. The Labute approximate surface area is 471 Å². The molecule has 1 heterocycles. The summed E-state index contributed by atoms with van der Waals surface area (Å²) in [4.78, 5) is 41.1. The zero-order valence-corrected chi connectivity index (χ0v) is 52.0. The van der Waals surface area contributed by atoms with E-state index >= 15 is 0 Å². The van der Waals surface area contributed by atoms with Crippen molar-refractivity contribution >= 4 is 53.1 Å². The van der Waals surface area contributed by atoms with Crippen molar-refractivity contribution in [3.63, 3.8) is 0 Å². The van der Waals surface area contributed by atoms with Gasteiger partial charge in [-0.05, 0) is 107 Å². The zero-order valence-electron chi connectivity index (χ0n) is 49.5. The van der Waals surface area contributed by atoms with Crippen LogP contribution in [-0.4, -0.2) is 116 Å². The SMILES string of the molecule is C=C(CCSCCC(CCCCC(=O)NC(CCSCCC)C(=O)NCCN1CCCCC1)SCCC(=O)OCCCCCCCC)OCCCCCCCC.CCCCCCCCC(CCCCCC)COC. The lowest BCUT2D eigenvalue weighted by atomic mass is 9.95. The summed E-state index contributed by atoms with van der Waals surface area (Å²) in [7, 11) is 1.85. The minimum absolute atomic E-state index is 0.0338. The Hall–Kier alpha value is -1.08. The van der Waals surface area contributed by atoms with E-state index in [0.717, 1.165) is 131 Å². The number of carbonyl (C=O) groups is 3.